The molecule has 1 aliphatic carbocycles. The molecule has 0 radical (unpaired) electrons. The van der Waals surface area contributed by atoms with Gasteiger partial charge in [-0.1, -0.05) is 25.7 Å². The Bertz CT molecular complexity index is 631. The zero-order valence-corrected chi connectivity index (χ0v) is 12.9. The number of fused-ring (bicyclic) bond motifs is 1. The van der Waals surface area contributed by atoms with E-state index in [0.29, 0.717) is 10.6 Å². The molecule has 0 aromatic carbocycles. The number of anilines is 1. The highest BCUT2D eigenvalue weighted by Gasteiger charge is 2.17. The van der Waals surface area contributed by atoms with Gasteiger partial charge in [-0.2, -0.15) is 0 Å². The number of nitrogens with one attached hydrogen (secondary N) is 1. The van der Waals surface area contributed by atoms with Gasteiger partial charge in [0.15, 0.2) is 0 Å². The molecular formula is C16H21N3OS. The Labute approximate surface area is 128 Å². The van der Waals surface area contributed by atoms with Crippen LogP contribution >= 0.6 is 11.3 Å². The zero-order valence-electron chi connectivity index (χ0n) is 12.1. The summed E-state index contributed by atoms with van der Waals surface area (Å²) in [5.74, 6) is 0.822. The van der Waals surface area contributed by atoms with E-state index >= 15 is 0 Å². The number of hydrogen-bond acceptors (Lipinski definition) is 4. The third-order valence-electron chi connectivity index (χ3n) is 4.29. The first-order valence-electron chi connectivity index (χ1n) is 7.66. The molecule has 4 nitrogen and oxygen atoms in total. The number of carbonyl (C=O) groups is 1. The monoisotopic (exact) mass is 303 g/mol. The van der Waals surface area contributed by atoms with Crippen molar-refractivity contribution in [2.45, 2.75) is 38.5 Å². The molecule has 0 bridgehead atoms. The fourth-order valence-corrected chi connectivity index (χ4v) is 4.12. The normalized spacial score (nSPS) is 15.6. The predicted octanol–water partition coefficient (Wildman–Crippen LogP) is 3.58. The van der Waals surface area contributed by atoms with Gasteiger partial charge in [0.2, 0.25) is 0 Å². The van der Waals surface area contributed by atoms with Crippen LogP contribution < -0.4 is 11.1 Å². The molecule has 2 aromatic rings. The molecule has 2 heterocycles. The summed E-state index contributed by atoms with van der Waals surface area (Å²) in [6.45, 7) is 0.737. The van der Waals surface area contributed by atoms with Crippen molar-refractivity contribution in [3.63, 3.8) is 0 Å². The number of thiophene rings is 1. The van der Waals surface area contributed by atoms with Gasteiger partial charge in [-0.3, -0.25) is 9.78 Å². The fourth-order valence-electron chi connectivity index (χ4n) is 3.11. The first kappa shape index (κ1) is 14.3. The van der Waals surface area contributed by atoms with Crippen molar-refractivity contribution in [1.82, 2.24) is 10.3 Å². The Hall–Kier alpha value is -1.62. The number of hydrogen-bond donors (Lipinski definition) is 2. The largest absolute Gasteiger partial charge is 0.397 e. The SMILES string of the molecule is Nc1c(C(=O)NCCCC2CCCC2)sc2cnccc12. The molecule has 5 heteroatoms. The Morgan fingerprint density at radius 1 is 1.43 bits per heavy atom. The zero-order chi connectivity index (χ0) is 14.7. The maximum Gasteiger partial charge on any atom is 0.263 e. The number of aromatic nitrogens is 1. The van der Waals surface area contributed by atoms with Gasteiger partial charge in [0, 0.05) is 24.3 Å². The highest BCUT2D eigenvalue weighted by atomic mass is 32.1. The molecular weight excluding hydrogens is 282 g/mol. The molecule has 1 saturated carbocycles. The maximum atomic E-state index is 12.2. The number of nitrogen functional groups attached to an aromatic ring is 1. The van der Waals surface area contributed by atoms with Crippen LogP contribution in [0.4, 0.5) is 5.69 Å². The number of nitrogens with two attached hydrogens (primary N) is 1. The Kier molecular flexibility index (Phi) is 4.39. The molecule has 1 amide bonds. The van der Waals surface area contributed by atoms with Crippen molar-refractivity contribution in [2.75, 3.05) is 12.3 Å². The smallest absolute Gasteiger partial charge is 0.263 e. The Balaban J connectivity index is 1.55. The molecule has 21 heavy (non-hydrogen) atoms. The van der Waals surface area contributed by atoms with E-state index in [1.54, 1.807) is 12.4 Å². The average molecular weight is 303 g/mol. The molecule has 0 unspecified atom stereocenters. The van der Waals surface area contributed by atoms with E-state index in [4.69, 9.17) is 5.73 Å². The lowest BCUT2D eigenvalue weighted by molar-refractivity contribution is 0.0957. The topological polar surface area (TPSA) is 68.0 Å². The lowest BCUT2D eigenvalue weighted by atomic mass is 10.0. The van der Waals surface area contributed by atoms with Gasteiger partial charge < -0.3 is 11.1 Å². The molecule has 0 aliphatic heterocycles. The summed E-state index contributed by atoms with van der Waals surface area (Å²) in [5.41, 5.74) is 6.64. The summed E-state index contributed by atoms with van der Waals surface area (Å²) < 4.78 is 0.964. The molecule has 0 spiro atoms. The molecule has 1 fully saturated rings. The van der Waals surface area contributed by atoms with Gasteiger partial charge in [0.1, 0.15) is 4.88 Å². The van der Waals surface area contributed by atoms with Crippen LogP contribution in [-0.2, 0) is 0 Å². The van der Waals surface area contributed by atoms with Crippen molar-refractivity contribution in [1.29, 1.82) is 0 Å². The van der Waals surface area contributed by atoms with E-state index in [9.17, 15) is 4.79 Å². The van der Waals surface area contributed by atoms with Gasteiger partial charge in [0.25, 0.3) is 5.91 Å². The van der Waals surface area contributed by atoms with Crippen molar-refractivity contribution in [3.8, 4) is 0 Å². The van der Waals surface area contributed by atoms with E-state index in [2.05, 4.69) is 10.3 Å². The number of nitrogens with zero attached hydrogens (tertiary/aromatic N) is 1. The summed E-state index contributed by atoms with van der Waals surface area (Å²) in [7, 11) is 0. The van der Waals surface area contributed by atoms with Crippen LogP contribution in [-0.4, -0.2) is 17.4 Å². The number of amides is 1. The molecule has 3 rings (SSSR count). The lowest BCUT2D eigenvalue weighted by Gasteiger charge is -2.09. The lowest BCUT2D eigenvalue weighted by Crippen LogP contribution is -2.24. The van der Waals surface area contributed by atoms with Gasteiger partial charge >= 0.3 is 0 Å². The summed E-state index contributed by atoms with van der Waals surface area (Å²) >= 11 is 1.42. The van der Waals surface area contributed by atoms with E-state index in [1.165, 1.54) is 43.4 Å². The van der Waals surface area contributed by atoms with Gasteiger partial charge in [-0.05, 0) is 24.8 Å². The highest BCUT2D eigenvalue weighted by Crippen LogP contribution is 2.32. The molecule has 2 aromatic heterocycles. The van der Waals surface area contributed by atoms with E-state index < -0.39 is 0 Å². The predicted molar refractivity (Wildman–Crippen MR) is 87.6 cm³/mol. The van der Waals surface area contributed by atoms with E-state index in [-0.39, 0.29) is 5.91 Å². The minimum atomic E-state index is -0.0554. The number of carbonyl (C=O) groups excluding carboxylic acids is 1. The van der Waals surface area contributed by atoms with Crippen LogP contribution in [0.15, 0.2) is 18.5 Å². The minimum absolute atomic E-state index is 0.0554. The first-order valence-corrected chi connectivity index (χ1v) is 8.47. The minimum Gasteiger partial charge on any atom is -0.397 e. The maximum absolute atomic E-state index is 12.2. The molecule has 0 saturated heterocycles. The summed E-state index contributed by atoms with van der Waals surface area (Å²) in [5, 5.41) is 3.92. The Morgan fingerprint density at radius 2 is 2.24 bits per heavy atom. The van der Waals surface area contributed by atoms with Crippen LogP contribution in [0.2, 0.25) is 0 Å². The van der Waals surface area contributed by atoms with Crippen molar-refractivity contribution >= 4 is 33.0 Å². The van der Waals surface area contributed by atoms with Crippen LogP contribution in [0, 0.1) is 5.92 Å². The van der Waals surface area contributed by atoms with Crippen LogP contribution in [0.25, 0.3) is 10.1 Å². The second-order valence-electron chi connectivity index (χ2n) is 5.77. The third-order valence-corrected chi connectivity index (χ3v) is 5.44. The fraction of sp³-hybridized carbons (Fsp3) is 0.500. The highest BCUT2D eigenvalue weighted by molar-refractivity contribution is 7.21. The van der Waals surface area contributed by atoms with E-state index in [1.807, 2.05) is 6.07 Å². The second kappa shape index (κ2) is 6.43. The molecule has 1 aliphatic rings. The first-order chi connectivity index (χ1) is 10.3. The molecule has 0 atom stereocenters. The summed E-state index contributed by atoms with van der Waals surface area (Å²) in [6.07, 6.45) is 11.2. The van der Waals surface area contributed by atoms with Crippen LogP contribution in [0.1, 0.15) is 48.2 Å². The van der Waals surface area contributed by atoms with Crippen molar-refractivity contribution in [2.24, 2.45) is 5.92 Å². The molecule has 3 N–H and O–H groups in total. The number of pyridine rings is 1. The number of rotatable bonds is 5. The van der Waals surface area contributed by atoms with Crippen LogP contribution in [0.3, 0.4) is 0 Å². The van der Waals surface area contributed by atoms with Crippen molar-refractivity contribution < 1.29 is 4.79 Å². The Morgan fingerprint density at radius 3 is 3.00 bits per heavy atom. The van der Waals surface area contributed by atoms with E-state index in [0.717, 1.165) is 29.0 Å². The van der Waals surface area contributed by atoms with Gasteiger partial charge in [0.05, 0.1) is 10.4 Å². The van der Waals surface area contributed by atoms with Gasteiger partial charge in [-0.25, -0.2) is 0 Å². The summed E-state index contributed by atoms with van der Waals surface area (Å²) in [4.78, 5) is 16.9. The summed E-state index contributed by atoms with van der Waals surface area (Å²) in [6, 6.07) is 1.86. The van der Waals surface area contributed by atoms with Crippen LogP contribution in [0.5, 0.6) is 0 Å². The van der Waals surface area contributed by atoms with Crippen molar-refractivity contribution in [3.05, 3.63) is 23.3 Å². The third kappa shape index (κ3) is 3.18. The second-order valence-corrected chi connectivity index (χ2v) is 6.82. The quantitative estimate of drug-likeness (QED) is 0.830. The standard InChI is InChI=1S/C16H21N3OS/c17-14-12-7-9-18-10-13(12)21-15(14)16(20)19-8-3-6-11-4-1-2-5-11/h7,9-11H,1-6,8,17H2,(H,19,20). The molecule has 112 valence electrons. The van der Waals surface area contributed by atoms with Gasteiger partial charge in [-0.15, -0.1) is 11.3 Å². The average Bonchev–Trinajstić information content (AvgIpc) is 3.12.